The molecule has 0 unspecified atom stereocenters. The second-order valence-electron chi connectivity index (χ2n) is 6.32. The lowest BCUT2D eigenvalue weighted by Gasteiger charge is -2.15. The minimum Gasteiger partial charge on any atom is -0.481 e. The first-order valence-electron chi connectivity index (χ1n) is 8.26. The molecule has 0 saturated heterocycles. The zero-order valence-electron chi connectivity index (χ0n) is 13.7. The Balaban J connectivity index is 1.73. The molecule has 3 rings (SSSR count). The maximum absolute atomic E-state index is 11.9. The predicted octanol–water partition coefficient (Wildman–Crippen LogP) is 2.57. The molecule has 6 nitrogen and oxygen atoms in total. The number of hydrogen-bond acceptors (Lipinski definition) is 4. The first-order valence-corrected chi connectivity index (χ1v) is 8.26. The minimum absolute atomic E-state index is 0.129. The summed E-state index contributed by atoms with van der Waals surface area (Å²) in [6.07, 6.45) is 5.03. The number of likely N-dealkylation sites (N-methyl/N-ethyl adjacent to an activating group) is 1. The van der Waals surface area contributed by atoms with Gasteiger partial charge in [0.15, 0.2) is 0 Å². The molecule has 2 aromatic rings. The van der Waals surface area contributed by atoms with Gasteiger partial charge in [0.1, 0.15) is 5.75 Å². The maximum atomic E-state index is 11.9. The number of fused-ring (bicyclic) bond motifs is 1. The van der Waals surface area contributed by atoms with E-state index >= 15 is 0 Å². The van der Waals surface area contributed by atoms with Crippen molar-refractivity contribution in [3.63, 3.8) is 0 Å². The molecular weight excluding hydrogens is 308 g/mol. The van der Waals surface area contributed by atoms with Crippen LogP contribution >= 0.6 is 0 Å². The quantitative estimate of drug-likeness (QED) is 0.574. The number of nitrogens with zero attached hydrogens (tertiary/aromatic N) is 1. The number of H-pyrrole nitrogens is 1. The average Bonchev–Trinajstić information content (AvgIpc) is 3.32. The Morgan fingerprint density at radius 1 is 1.33 bits per heavy atom. The van der Waals surface area contributed by atoms with E-state index in [1.807, 2.05) is 18.3 Å². The standard InChI is InChI=1S/C18H22N2O4/c1-20(13-5-6-13)10-9-12-11-19-14-3-2-4-15(18(12)14)24-17(23)8-7-16(21)22/h2-4,11,13,19H,5-10H2,1H3,(H,21,22). The number of nitrogens with one attached hydrogen (secondary N) is 1. The highest BCUT2D eigenvalue weighted by Gasteiger charge is 2.25. The van der Waals surface area contributed by atoms with Gasteiger partial charge in [-0.2, -0.15) is 0 Å². The SMILES string of the molecule is CN(CCc1c[nH]c2cccc(OC(=O)CCC(=O)O)c12)C1CC1. The molecule has 24 heavy (non-hydrogen) atoms. The molecule has 1 heterocycles. The van der Waals surface area contributed by atoms with Crippen LogP contribution in [0.5, 0.6) is 5.75 Å². The molecule has 6 heteroatoms. The highest BCUT2D eigenvalue weighted by atomic mass is 16.5. The molecule has 2 N–H and O–H groups in total. The van der Waals surface area contributed by atoms with Crippen LogP contribution in [-0.4, -0.2) is 46.6 Å². The summed E-state index contributed by atoms with van der Waals surface area (Å²) in [6, 6.07) is 6.23. The van der Waals surface area contributed by atoms with E-state index in [2.05, 4.69) is 16.9 Å². The number of hydrogen-bond donors (Lipinski definition) is 2. The van der Waals surface area contributed by atoms with Gasteiger partial charge in [-0.15, -0.1) is 0 Å². The number of benzene rings is 1. The van der Waals surface area contributed by atoms with Crippen molar-refractivity contribution in [2.75, 3.05) is 13.6 Å². The number of carbonyl (C=O) groups excluding carboxylic acids is 1. The number of aromatic nitrogens is 1. The third-order valence-electron chi connectivity index (χ3n) is 4.42. The van der Waals surface area contributed by atoms with Gasteiger partial charge in [0.25, 0.3) is 0 Å². The van der Waals surface area contributed by atoms with Crippen LogP contribution in [0.2, 0.25) is 0 Å². The van der Waals surface area contributed by atoms with Crippen LogP contribution in [0.3, 0.4) is 0 Å². The zero-order chi connectivity index (χ0) is 17.1. The summed E-state index contributed by atoms with van der Waals surface area (Å²) in [7, 11) is 2.14. The normalized spacial score (nSPS) is 14.2. The second kappa shape index (κ2) is 7.05. The molecule has 1 aromatic carbocycles. The number of esters is 1. The third-order valence-corrected chi connectivity index (χ3v) is 4.42. The fraction of sp³-hybridized carbons (Fsp3) is 0.444. The summed E-state index contributed by atoms with van der Waals surface area (Å²) in [5.74, 6) is -1.03. The summed E-state index contributed by atoms with van der Waals surface area (Å²) >= 11 is 0. The molecule has 1 aliphatic carbocycles. The molecule has 0 atom stereocenters. The molecule has 0 spiro atoms. The fourth-order valence-electron chi connectivity index (χ4n) is 2.88. The van der Waals surface area contributed by atoms with Gasteiger partial charge < -0.3 is 19.7 Å². The molecule has 1 aromatic heterocycles. The number of aliphatic carboxylic acids is 1. The van der Waals surface area contributed by atoms with Crippen molar-refractivity contribution in [1.29, 1.82) is 0 Å². The molecule has 0 radical (unpaired) electrons. The van der Waals surface area contributed by atoms with Crippen molar-refractivity contribution in [3.8, 4) is 5.75 Å². The van der Waals surface area contributed by atoms with Crippen LogP contribution in [0, 0.1) is 0 Å². The molecule has 1 saturated carbocycles. The lowest BCUT2D eigenvalue weighted by Crippen LogP contribution is -2.23. The van der Waals surface area contributed by atoms with Crippen LogP contribution in [0.4, 0.5) is 0 Å². The number of carboxylic acid groups (broad SMARTS) is 1. The topological polar surface area (TPSA) is 82.6 Å². The summed E-state index contributed by atoms with van der Waals surface area (Å²) in [5, 5.41) is 9.57. The van der Waals surface area contributed by atoms with Crippen molar-refractivity contribution in [2.24, 2.45) is 0 Å². The van der Waals surface area contributed by atoms with Gasteiger partial charge in [-0.1, -0.05) is 6.07 Å². The van der Waals surface area contributed by atoms with E-state index in [-0.39, 0.29) is 12.8 Å². The van der Waals surface area contributed by atoms with Crippen molar-refractivity contribution < 1.29 is 19.4 Å². The van der Waals surface area contributed by atoms with Gasteiger partial charge in [-0.3, -0.25) is 9.59 Å². The Hall–Kier alpha value is -2.34. The highest BCUT2D eigenvalue weighted by molar-refractivity contribution is 5.91. The minimum atomic E-state index is -1.00. The lowest BCUT2D eigenvalue weighted by atomic mass is 10.1. The number of rotatable bonds is 8. The largest absolute Gasteiger partial charge is 0.481 e. The van der Waals surface area contributed by atoms with E-state index in [4.69, 9.17) is 9.84 Å². The van der Waals surface area contributed by atoms with Crippen LogP contribution in [0.1, 0.15) is 31.2 Å². The fourth-order valence-corrected chi connectivity index (χ4v) is 2.88. The predicted molar refractivity (Wildman–Crippen MR) is 90.2 cm³/mol. The van der Waals surface area contributed by atoms with E-state index in [9.17, 15) is 9.59 Å². The van der Waals surface area contributed by atoms with Gasteiger partial charge in [-0.25, -0.2) is 0 Å². The van der Waals surface area contributed by atoms with Gasteiger partial charge in [0.2, 0.25) is 0 Å². The number of aromatic amines is 1. The van der Waals surface area contributed by atoms with Crippen LogP contribution in [0.25, 0.3) is 10.9 Å². The lowest BCUT2D eigenvalue weighted by molar-refractivity contribution is -0.142. The van der Waals surface area contributed by atoms with Crippen molar-refractivity contribution in [2.45, 2.75) is 38.1 Å². The molecular formula is C18H22N2O4. The van der Waals surface area contributed by atoms with E-state index in [0.29, 0.717) is 11.8 Å². The number of carboxylic acids is 1. The van der Waals surface area contributed by atoms with E-state index in [0.717, 1.165) is 29.4 Å². The van der Waals surface area contributed by atoms with Crippen LogP contribution in [-0.2, 0) is 16.0 Å². The Labute approximate surface area is 140 Å². The number of carbonyl (C=O) groups is 2. The second-order valence-corrected chi connectivity index (χ2v) is 6.32. The number of ether oxygens (including phenoxy) is 1. The summed E-state index contributed by atoms with van der Waals surface area (Å²) < 4.78 is 5.41. The van der Waals surface area contributed by atoms with Crippen molar-refractivity contribution in [3.05, 3.63) is 30.0 Å². The average molecular weight is 330 g/mol. The monoisotopic (exact) mass is 330 g/mol. The van der Waals surface area contributed by atoms with Gasteiger partial charge in [0, 0.05) is 29.7 Å². The summed E-state index contributed by atoms with van der Waals surface area (Å²) in [6.45, 7) is 0.957. The summed E-state index contributed by atoms with van der Waals surface area (Å²) in [5.41, 5.74) is 2.03. The van der Waals surface area contributed by atoms with Gasteiger partial charge in [0.05, 0.1) is 12.8 Å². The molecule has 0 aliphatic heterocycles. The smallest absolute Gasteiger partial charge is 0.311 e. The van der Waals surface area contributed by atoms with Crippen LogP contribution in [0.15, 0.2) is 24.4 Å². The van der Waals surface area contributed by atoms with Crippen molar-refractivity contribution >= 4 is 22.8 Å². The van der Waals surface area contributed by atoms with Gasteiger partial charge >= 0.3 is 11.9 Å². The Bertz CT molecular complexity index is 749. The van der Waals surface area contributed by atoms with E-state index in [1.54, 1.807) is 6.07 Å². The Kier molecular flexibility index (Phi) is 4.85. The maximum Gasteiger partial charge on any atom is 0.311 e. The zero-order valence-corrected chi connectivity index (χ0v) is 13.7. The first-order chi connectivity index (χ1) is 11.5. The molecule has 0 bridgehead atoms. The van der Waals surface area contributed by atoms with E-state index in [1.165, 1.54) is 12.8 Å². The molecule has 128 valence electrons. The molecule has 1 fully saturated rings. The summed E-state index contributed by atoms with van der Waals surface area (Å²) in [4.78, 5) is 28.0. The Morgan fingerprint density at radius 3 is 2.83 bits per heavy atom. The van der Waals surface area contributed by atoms with E-state index < -0.39 is 11.9 Å². The highest BCUT2D eigenvalue weighted by Crippen LogP contribution is 2.30. The third kappa shape index (κ3) is 3.94. The Morgan fingerprint density at radius 2 is 2.12 bits per heavy atom. The van der Waals surface area contributed by atoms with Gasteiger partial charge in [-0.05, 0) is 44.0 Å². The first kappa shape index (κ1) is 16.5. The molecule has 0 amide bonds. The molecule has 1 aliphatic rings. The van der Waals surface area contributed by atoms with Crippen LogP contribution < -0.4 is 4.74 Å². The van der Waals surface area contributed by atoms with Crippen molar-refractivity contribution in [1.82, 2.24) is 9.88 Å².